The Hall–Kier alpha value is -1.07. The van der Waals surface area contributed by atoms with E-state index in [0.29, 0.717) is 17.9 Å². The quantitative estimate of drug-likeness (QED) is 0.507. The summed E-state index contributed by atoms with van der Waals surface area (Å²) in [5.41, 5.74) is 6.83. The molecule has 0 unspecified atom stereocenters. The average Bonchev–Trinajstić information content (AvgIpc) is 2.06. The molecule has 1 aliphatic heterocycles. The number of fused-ring (bicyclic) bond motifs is 1. The second-order valence-corrected chi connectivity index (χ2v) is 3.13. The Morgan fingerprint density at radius 1 is 1.31 bits per heavy atom. The summed E-state index contributed by atoms with van der Waals surface area (Å²) >= 11 is 11.3. The highest BCUT2D eigenvalue weighted by molar-refractivity contribution is 6.67. The third-order valence-electron chi connectivity index (χ3n) is 1.58. The molecule has 7 heteroatoms. The Morgan fingerprint density at radius 2 is 2.08 bits per heavy atom. The standard InChI is InChI=1S/C6H5Cl2N5/c7-5-10-1-2-3(12-5)4(9)13-6(8)11-2/h1H2,(H,10,12)(H2,9,11,13). The Kier molecular flexibility index (Phi) is 1.97. The predicted octanol–water partition coefficient (Wildman–Crippen LogP) is 1.23. The topological polar surface area (TPSA) is 76.2 Å². The number of aromatic nitrogens is 2. The van der Waals surface area contributed by atoms with Crippen LogP contribution in [-0.4, -0.2) is 15.3 Å². The van der Waals surface area contributed by atoms with Gasteiger partial charge < -0.3 is 11.1 Å². The van der Waals surface area contributed by atoms with E-state index in [2.05, 4.69) is 20.3 Å². The summed E-state index contributed by atoms with van der Waals surface area (Å²) in [5, 5.41) is 3.16. The van der Waals surface area contributed by atoms with E-state index >= 15 is 0 Å². The molecule has 0 atom stereocenters. The minimum absolute atomic E-state index is 0.117. The molecule has 0 fully saturated rings. The number of rotatable bonds is 0. The van der Waals surface area contributed by atoms with Crippen molar-refractivity contribution in [2.75, 3.05) is 11.1 Å². The summed E-state index contributed by atoms with van der Waals surface area (Å²) in [6, 6.07) is 0. The van der Waals surface area contributed by atoms with Gasteiger partial charge in [-0.2, -0.15) is 4.98 Å². The molecule has 0 saturated carbocycles. The highest BCUT2D eigenvalue weighted by atomic mass is 35.5. The first-order valence-corrected chi connectivity index (χ1v) is 4.21. The van der Waals surface area contributed by atoms with Crippen molar-refractivity contribution in [1.82, 2.24) is 9.97 Å². The van der Waals surface area contributed by atoms with E-state index in [0.717, 1.165) is 0 Å². The number of hydrogen-bond acceptors (Lipinski definition) is 5. The van der Waals surface area contributed by atoms with E-state index in [1.165, 1.54) is 0 Å². The van der Waals surface area contributed by atoms with Crippen molar-refractivity contribution in [3.8, 4) is 0 Å². The molecule has 0 bridgehead atoms. The van der Waals surface area contributed by atoms with Crippen molar-refractivity contribution >= 4 is 40.0 Å². The zero-order valence-electron chi connectivity index (χ0n) is 6.38. The van der Waals surface area contributed by atoms with E-state index in [4.69, 9.17) is 28.9 Å². The number of amidine groups is 1. The Bertz CT molecular complexity index is 389. The van der Waals surface area contributed by atoms with E-state index < -0.39 is 0 Å². The normalized spacial score (nSPS) is 14.5. The van der Waals surface area contributed by atoms with Gasteiger partial charge in [-0.25, -0.2) is 4.98 Å². The van der Waals surface area contributed by atoms with Crippen LogP contribution in [0.25, 0.3) is 0 Å². The van der Waals surface area contributed by atoms with Crippen molar-refractivity contribution in [3.63, 3.8) is 0 Å². The maximum absolute atomic E-state index is 5.65. The molecule has 1 aliphatic rings. The van der Waals surface area contributed by atoms with E-state index in [1.54, 1.807) is 0 Å². The first-order chi connectivity index (χ1) is 6.16. The van der Waals surface area contributed by atoms with Crippen LogP contribution in [-0.2, 0) is 6.54 Å². The second-order valence-electron chi connectivity index (χ2n) is 2.43. The third kappa shape index (κ3) is 1.52. The van der Waals surface area contributed by atoms with Crippen LogP contribution in [0.5, 0.6) is 0 Å². The van der Waals surface area contributed by atoms with E-state index in [9.17, 15) is 0 Å². The lowest BCUT2D eigenvalue weighted by atomic mass is 10.3. The van der Waals surface area contributed by atoms with Gasteiger partial charge in [-0.15, -0.1) is 0 Å². The largest absolute Gasteiger partial charge is 0.382 e. The van der Waals surface area contributed by atoms with Crippen LogP contribution in [0.1, 0.15) is 5.69 Å². The SMILES string of the molecule is Nc1nc(Cl)nc2c1NC(Cl)=NC2. The minimum atomic E-state index is 0.117. The highest BCUT2D eigenvalue weighted by Crippen LogP contribution is 2.25. The highest BCUT2D eigenvalue weighted by Gasteiger charge is 2.16. The maximum Gasteiger partial charge on any atom is 0.224 e. The minimum Gasteiger partial charge on any atom is -0.382 e. The van der Waals surface area contributed by atoms with Crippen LogP contribution in [0.3, 0.4) is 0 Å². The van der Waals surface area contributed by atoms with Crippen LogP contribution in [0.4, 0.5) is 11.5 Å². The summed E-state index contributed by atoms with van der Waals surface area (Å²) < 4.78 is 0. The first kappa shape index (κ1) is 8.52. The molecule has 2 rings (SSSR count). The molecule has 0 aliphatic carbocycles. The van der Waals surface area contributed by atoms with Crippen LogP contribution < -0.4 is 11.1 Å². The van der Waals surface area contributed by atoms with Crippen molar-refractivity contribution in [1.29, 1.82) is 0 Å². The number of nitrogens with two attached hydrogens (primary N) is 1. The fraction of sp³-hybridized carbons (Fsp3) is 0.167. The van der Waals surface area contributed by atoms with Crippen LogP contribution in [0.15, 0.2) is 4.99 Å². The number of anilines is 2. The molecule has 0 aromatic carbocycles. The van der Waals surface area contributed by atoms with Gasteiger partial charge in [0, 0.05) is 0 Å². The molecule has 68 valence electrons. The number of aliphatic imine (C=N–C) groups is 1. The molecule has 5 nitrogen and oxygen atoms in total. The van der Waals surface area contributed by atoms with Crippen molar-refractivity contribution in [2.24, 2.45) is 4.99 Å². The van der Waals surface area contributed by atoms with E-state index in [1.807, 2.05) is 0 Å². The molecule has 0 amide bonds. The monoisotopic (exact) mass is 217 g/mol. The van der Waals surface area contributed by atoms with Gasteiger partial charge in [-0.05, 0) is 23.2 Å². The maximum atomic E-state index is 5.65. The molecule has 0 saturated heterocycles. The van der Waals surface area contributed by atoms with Crippen molar-refractivity contribution < 1.29 is 0 Å². The molecule has 0 radical (unpaired) electrons. The smallest absolute Gasteiger partial charge is 0.224 e. The summed E-state index contributed by atoms with van der Waals surface area (Å²) in [6.07, 6.45) is 0. The Balaban J connectivity index is 2.52. The summed E-state index contributed by atoms with van der Waals surface area (Å²) in [7, 11) is 0. The summed E-state index contributed by atoms with van der Waals surface area (Å²) in [5.74, 6) is 0.281. The first-order valence-electron chi connectivity index (χ1n) is 3.45. The fourth-order valence-corrected chi connectivity index (χ4v) is 1.38. The fourth-order valence-electron chi connectivity index (χ4n) is 1.03. The predicted molar refractivity (Wildman–Crippen MR) is 52.1 cm³/mol. The Morgan fingerprint density at radius 3 is 2.85 bits per heavy atom. The Labute approximate surface area is 84.0 Å². The van der Waals surface area contributed by atoms with Gasteiger partial charge in [0.1, 0.15) is 5.69 Å². The lowest BCUT2D eigenvalue weighted by Crippen LogP contribution is -2.16. The third-order valence-corrected chi connectivity index (χ3v) is 1.96. The summed E-state index contributed by atoms with van der Waals surface area (Å²) in [4.78, 5) is 11.7. The number of halogens is 2. The van der Waals surface area contributed by atoms with Crippen molar-refractivity contribution in [3.05, 3.63) is 11.0 Å². The lowest BCUT2D eigenvalue weighted by molar-refractivity contribution is 0.960. The zero-order valence-corrected chi connectivity index (χ0v) is 7.89. The van der Waals surface area contributed by atoms with Crippen LogP contribution in [0, 0.1) is 0 Å². The van der Waals surface area contributed by atoms with Crippen LogP contribution in [0.2, 0.25) is 5.28 Å². The lowest BCUT2D eigenvalue weighted by Gasteiger charge is -2.14. The molecule has 0 spiro atoms. The summed E-state index contributed by atoms with van der Waals surface area (Å²) in [6.45, 7) is 0.369. The zero-order chi connectivity index (χ0) is 9.42. The van der Waals surface area contributed by atoms with Gasteiger partial charge >= 0.3 is 0 Å². The van der Waals surface area contributed by atoms with Gasteiger partial charge in [0.25, 0.3) is 0 Å². The van der Waals surface area contributed by atoms with Crippen LogP contribution >= 0.6 is 23.2 Å². The van der Waals surface area contributed by atoms with Crippen molar-refractivity contribution in [2.45, 2.75) is 6.54 Å². The van der Waals surface area contributed by atoms with Gasteiger partial charge in [-0.3, -0.25) is 4.99 Å². The molecular formula is C6H5Cl2N5. The number of hydrogen-bond donors (Lipinski definition) is 2. The van der Waals surface area contributed by atoms with Gasteiger partial charge in [-0.1, -0.05) is 0 Å². The molecule has 1 aromatic heterocycles. The second kappa shape index (κ2) is 3.01. The number of nitrogen functional groups attached to an aromatic ring is 1. The molecule has 1 aromatic rings. The van der Waals surface area contributed by atoms with E-state index in [-0.39, 0.29) is 16.4 Å². The van der Waals surface area contributed by atoms with Gasteiger partial charge in [0.15, 0.2) is 11.1 Å². The molecular weight excluding hydrogens is 213 g/mol. The molecule has 3 N–H and O–H groups in total. The molecule has 2 heterocycles. The average molecular weight is 218 g/mol. The number of nitrogens with one attached hydrogen (secondary N) is 1. The molecule has 13 heavy (non-hydrogen) atoms. The number of nitrogens with zero attached hydrogens (tertiary/aromatic N) is 3. The van der Waals surface area contributed by atoms with Gasteiger partial charge in [0.2, 0.25) is 5.28 Å². The van der Waals surface area contributed by atoms with Gasteiger partial charge in [0.05, 0.1) is 12.2 Å².